The minimum atomic E-state index is -0.612. The van der Waals surface area contributed by atoms with Crippen molar-refractivity contribution in [2.45, 2.75) is 52.0 Å². The second-order valence-corrected chi connectivity index (χ2v) is 7.87. The third kappa shape index (κ3) is 4.11. The van der Waals surface area contributed by atoms with Gasteiger partial charge in [-0.1, -0.05) is 39.0 Å². The van der Waals surface area contributed by atoms with Gasteiger partial charge < -0.3 is 14.8 Å². The topological polar surface area (TPSA) is 48.3 Å². The number of hydrogen-bond donors (Lipinski definition) is 1. The van der Waals surface area contributed by atoms with Crippen LogP contribution in [-0.4, -0.2) is 23.0 Å². The molecule has 136 valence electrons. The van der Waals surface area contributed by atoms with E-state index in [1.807, 2.05) is 18.7 Å². The van der Waals surface area contributed by atoms with Crippen molar-refractivity contribution in [3.05, 3.63) is 52.8 Å². The van der Waals surface area contributed by atoms with Gasteiger partial charge >= 0.3 is 0 Å². The zero-order chi connectivity index (χ0) is 18.1. The number of hydrogen-bond acceptors (Lipinski definition) is 4. The first-order valence-corrected chi connectivity index (χ1v) is 8.89. The molecule has 0 spiro atoms. The van der Waals surface area contributed by atoms with Crippen molar-refractivity contribution >= 4 is 0 Å². The molecule has 1 aliphatic rings. The van der Waals surface area contributed by atoms with Crippen molar-refractivity contribution in [3.63, 3.8) is 0 Å². The second-order valence-electron chi connectivity index (χ2n) is 7.87. The maximum absolute atomic E-state index is 5.76. The highest BCUT2D eigenvalue weighted by molar-refractivity contribution is 5.28. The SMILES string of the molecule is Cn1cc(CNCc2cccc(C3(C)OCCO3)c2)c(C(C)(C)C)n1. The summed E-state index contributed by atoms with van der Waals surface area (Å²) >= 11 is 0. The molecule has 3 rings (SSSR count). The van der Waals surface area contributed by atoms with Crippen LogP contribution in [0.15, 0.2) is 30.5 Å². The van der Waals surface area contributed by atoms with Gasteiger partial charge in [0.05, 0.1) is 18.9 Å². The number of nitrogens with one attached hydrogen (secondary N) is 1. The van der Waals surface area contributed by atoms with Gasteiger partial charge in [0.1, 0.15) is 0 Å². The van der Waals surface area contributed by atoms with Gasteiger partial charge in [0.25, 0.3) is 0 Å². The molecule has 5 heteroatoms. The molecule has 0 radical (unpaired) electrons. The second kappa shape index (κ2) is 6.90. The first-order valence-electron chi connectivity index (χ1n) is 8.89. The number of aryl methyl sites for hydroxylation is 1. The average molecular weight is 343 g/mol. The molecule has 0 saturated carbocycles. The smallest absolute Gasteiger partial charge is 0.192 e. The van der Waals surface area contributed by atoms with Gasteiger partial charge in [-0.2, -0.15) is 5.10 Å². The molecule has 0 bridgehead atoms. The third-order valence-corrected chi connectivity index (χ3v) is 4.55. The van der Waals surface area contributed by atoms with Gasteiger partial charge in [-0.25, -0.2) is 0 Å². The normalized spacial score (nSPS) is 17.2. The summed E-state index contributed by atoms with van der Waals surface area (Å²) in [6, 6.07) is 8.41. The molecule has 2 heterocycles. The molecular formula is C20H29N3O2. The van der Waals surface area contributed by atoms with E-state index in [2.05, 4.69) is 61.6 Å². The molecule has 0 amide bonds. The summed E-state index contributed by atoms with van der Waals surface area (Å²) in [4.78, 5) is 0. The highest BCUT2D eigenvalue weighted by atomic mass is 16.7. The molecule has 0 unspecified atom stereocenters. The summed E-state index contributed by atoms with van der Waals surface area (Å²) in [5.74, 6) is -0.612. The van der Waals surface area contributed by atoms with Crippen molar-refractivity contribution in [3.8, 4) is 0 Å². The monoisotopic (exact) mass is 343 g/mol. The molecule has 1 aromatic carbocycles. The van der Waals surface area contributed by atoms with Crippen LogP contribution in [0.1, 0.15) is 50.1 Å². The Morgan fingerprint density at radius 1 is 1.20 bits per heavy atom. The van der Waals surface area contributed by atoms with Crippen LogP contribution in [0.4, 0.5) is 0 Å². The maximum Gasteiger partial charge on any atom is 0.192 e. The number of ether oxygens (including phenoxy) is 2. The van der Waals surface area contributed by atoms with Crippen molar-refractivity contribution in [1.29, 1.82) is 0 Å². The largest absolute Gasteiger partial charge is 0.344 e. The fraction of sp³-hybridized carbons (Fsp3) is 0.550. The molecule has 1 saturated heterocycles. The number of aromatic nitrogens is 2. The molecule has 1 aliphatic heterocycles. The Bertz CT molecular complexity index is 725. The summed E-state index contributed by atoms with van der Waals surface area (Å²) in [5.41, 5.74) is 4.74. The Morgan fingerprint density at radius 2 is 1.92 bits per heavy atom. The molecule has 1 fully saturated rings. The van der Waals surface area contributed by atoms with Crippen molar-refractivity contribution in [1.82, 2.24) is 15.1 Å². The van der Waals surface area contributed by atoms with Crippen molar-refractivity contribution < 1.29 is 9.47 Å². The molecule has 0 atom stereocenters. The van der Waals surface area contributed by atoms with E-state index in [9.17, 15) is 0 Å². The van der Waals surface area contributed by atoms with Gasteiger partial charge in [-0.05, 0) is 18.6 Å². The molecule has 5 nitrogen and oxygen atoms in total. The first kappa shape index (κ1) is 18.1. The summed E-state index contributed by atoms with van der Waals surface area (Å²) < 4.78 is 13.4. The lowest BCUT2D eigenvalue weighted by Crippen LogP contribution is -2.23. The summed E-state index contributed by atoms with van der Waals surface area (Å²) in [6.45, 7) is 11.5. The average Bonchev–Trinajstić information content (AvgIpc) is 3.14. The van der Waals surface area contributed by atoms with E-state index in [4.69, 9.17) is 9.47 Å². The standard InChI is InChI=1S/C20H29N3O2/c1-19(2,3)18-16(14-23(5)22-18)13-21-12-15-7-6-8-17(11-15)20(4)24-9-10-25-20/h6-8,11,14,21H,9-10,12-13H2,1-5H3. The van der Waals surface area contributed by atoms with Crippen molar-refractivity contribution in [2.24, 2.45) is 7.05 Å². The van der Waals surface area contributed by atoms with Crippen LogP contribution in [0.2, 0.25) is 0 Å². The Kier molecular flexibility index (Phi) is 5.00. The fourth-order valence-corrected chi connectivity index (χ4v) is 3.28. The third-order valence-electron chi connectivity index (χ3n) is 4.55. The fourth-order valence-electron chi connectivity index (χ4n) is 3.28. The lowest BCUT2D eigenvalue weighted by Gasteiger charge is -2.23. The minimum Gasteiger partial charge on any atom is -0.344 e. The van der Waals surface area contributed by atoms with Gasteiger partial charge in [0, 0.05) is 42.9 Å². The van der Waals surface area contributed by atoms with Crippen LogP contribution < -0.4 is 5.32 Å². The Labute approximate surface area is 150 Å². The zero-order valence-electron chi connectivity index (χ0n) is 15.9. The zero-order valence-corrected chi connectivity index (χ0v) is 15.9. The van der Waals surface area contributed by atoms with Crippen LogP contribution in [0, 0.1) is 0 Å². The van der Waals surface area contributed by atoms with E-state index in [1.165, 1.54) is 11.1 Å². The molecule has 0 aliphatic carbocycles. The Balaban J connectivity index is 1.65. The van der Waals surface area contributed by atoms with E-state index >= 15 is 0 Å². The molecule has 1 aromatic heterocycles. The minimum absolute atomic E-state index is 0.0456. The molecular weight excluding hydrogens is 314 g/mol. The molecule has 1 N–H and O–H groups in total. The van der Waals surface area contributed by atoms with Crippen LogP contribution in [0.5, 0.6) is 0 Å². The van der Waals surface area contributed by atoms with E-state index in [-0.39, 0.29) is 5.41 Å². The van der Waals surface area contributed by atoms with E-state index < -0.39 is 5.79 Å². The first-order chi connectivity index (χ1) is 11.8. The highest BCUT2D eigenvalue weighted by Gasteiger charge is 2.33. The number of rotatable bonds is 5. The number of nitrogens with zero attached hydrogens (tertiary/aromatic N) is 2. The predicted molar refractivity (Wildman–Crippen MR) is 98.1 cm³/mol. The Morgan fingerprint density at radius 3 is 2.60 bits per heavy atom. The van der Waals surface area contributed by atoms with Gasteiger partial charge in [-0.3, -0.25) is 4.68 Å². The summed E-state index contributed by atoms with van der Waals surface area (Å²) in [5, 5.41) is 8.17. The number of benzene rings is 1. The summed E-state index contributed by atoms with van der Waals surface area (Å²) in [7, 11) is 1.98. The summed E-state index contributed by atoms with van der Waals surface area (Å²) in [6.07, 6.45) is 2.10. The van der Waals surface area contributed by atoms with Crippen LogP contribution in [0.25, 0.3) is 0 Å². The lowest BCUT2D eigenvalue weighted by molar-refractivity contribution is -0.149. The van der Waals surface area contributed by atoms with Gasteiger partial charge in [0.2, 0.25) is 0 Å². The van der Waals surface area contributed by atoms with Crippen LogP contribution >= 0.6 is 0 Å². The highest BCUT2D eigenvalue weighted by Crippen LogP contribution is 2.31. The lowest BCUT2D eigenvalue weighted by atomic mass is 9.89. The van der Waals surface area contributed by atoms with Crippen LogP contribution in [0.3, 0.4) is 0 Å². The Hall–Kier alpha value is -1.69. The van der Waals surface area contributed by atoms with Crippen molar-refractivity contribution in [2.75, 3.05) is 13.2 Å². The van der Waals surface area contributed by atoms with E-state index in [1.54, 1.807) is 0 Å². The quantitative estimate of drug-likeness (QED) is 0.905. The maximum atomic E-state index is 5.76. The van der Waals surface area contributed by atoms with Gasteiger partial charge in [-0.15, -0.1) is 0 Å². The van der Waals surface area contributed by atoms with Crippen LogP contribution in [-0.2, 0) is 40.8 Å². The van der Waals surface area contributed by atoms with E-state index in [0.29, 0.717) is 13.2 Å². The van der Waals surface area contributed by atoms with Gasteiger partial charge in [0.15, 0.2) is 5.79 Å². The molecule has 25 heavy (non-hydrogen) atoms. The van der Waals surface area contributed by atoms with E-state index in [0.717, 1.165) is 24.3 Å². The predicted octanol–water partition coefficient (Wildman–Crippen LogP) is 3.23. The molecule has 2 aromatic rings.